The number of aromatic nitrogens is 3. The molecule has 2 heterocycles. The van der Waals surface area contributed by atoms with Crippen molar-refractivity contribution in [2.45, 2.75) is 6.54 Å². The highest BCUT2D eigenvalue weighted by molar-refractivity contribution is 9.10. The normalized spacial score (nSPS) is 10.5. The monoisotopic (exact) mass is 330 g/mol. The summed E-state index contributed by atoms with van der Waals surface area (Å²) in [7, 11) is 0. The second kappa shape index (κ2) is 4.32. The van der Waals surface area contributed by atoms with Gasteiger partial charge in [0.2, 0.25) is 0 Å². The SMILES string of the molecule is Nc1nn(Cc2cncc(Br)c2)cc1Br. The second-order valence-electron chi connectivity index (χ2n) is 3.07. The Morgan fingerprint density at radius 3 is 2.73 bits per heavy atom. The van der Waals surface area contributed by atoms with Crippen molar-refractivity contribution < 1.29 is 0 Å². The molecule has 15 heavy (non-hydrogen) atoms. The molecular weight excluding hydrogens is 324 g/mol. The highest BCUT2D eigenvalue weighted by atomic mass is 79.9. The number of pyridine rings is 1. The number of hydrogen-bond donors (Lipinski definition) is 1. The molecule has 0 spiro atoms. The predicted molar refractivity (Wildman–Crippen MR) is 65.4 cm³/mol. The average Bonchev–Trinajstić information content (AvgIpc) is 2.45. The van der Waals surface area contributed by atoms with E-state index in [1.165, 1.54) is 0 Å². The van der Waals surface area contributed by atoms with E-state index < -0.39 is 0 Å². The zero-order valence-corrected chi connectivity index (χ0v) is 10.9. The Morgan fingerprint density at radius 2 is 2.13 bits per heavy atom. The summed E-state index contributed by atoms with van der Waals surface area (Å²) in [5, 5.41) is 4.14. The molecule has 0 aliphatic heterocycles. The molecule has 0 saturated heterocycles. The van der Waals surface area contributed by atoms with Crippen LogP contribution in [-0.2, 0) is 6.54 Å². The summed E-state index contributed by atoms with van der Waals surface area (Å²) < 4.78 is 3.53. The van der Waals surface area contributed by atoms with Gasteiger partial charge in [0.15, 0.2) is 5.82 Å². The second-order valence-corrected chi connectivity index (χ2v) is 4.84. The van der Waals surface area contributed by atoms with Crippen LogP contribution < -0.4 is 5.73 Å². The molecule has 0 radical (unpaired) electrons. The van der Waals surface area contributed by atoms with Gasteiger partial charge in [-0.3, -0.25) is 9.67 Å². The molecule has 0 bridgehead atoms. The molecule has 2 aromatic heterocycles. The molecule has 0 amide bonds. The smallest absolute Gasteiger partial charge is 0.159 e. The van der Waals surface area contributed by atoms with E-state index in [4.69, 9.17) is 5.73 Å². The zero-order chi connectivity index (χ0) is 10.8. The molecule has 0 unspecified atom stereocenters. The van der Waals surface area contributed by atoms with Crippen molar-refractivity contribution in [3.63, 3.8) is 0 Å². The standard InChI is InChI=1S/C9H8Br2N4/c10-7-1-6(2-13-3-7)4-15-5-8(11)9(12)14-15/h1-3,5H,4H2,(H2,12,14). The van der Waals surface area contributed by atoms with Crippen molar-refractivity contribution in [3.05, 3.63) is 39.2 Å². The van der Waals surface area contributed by atoms with Crippen molar-refractivity contribution in [2.75, 3.05) is 5.73 Å². The number of rotatable bonds is 2. The summed E-state index contributed by atoms with van der Waals surface area (Å²) in [6.07, 6.45) is 5.39. The van der Waals surface area contributed by atoms with Gasteiger partial charge in [-0.05, 0) is 43.5 Å². The number of hydrogen-bond acceptors (Lipinski definition) is 3. The highest BCUT2D eigenvalue weighted by Crippen LogP contribution is 2.17. The Balaban J connectivity index is 2.22. The van der Waals surface area contributed by atoms with Gasteiger partial charge in [0.1, 0.15) is 0 Å². The maximum atomic E-state index is 5.62. The molecule has 0 aromatic carbocycles. The third-order valence-electron chi connectivity index (χ3n) is 1.85. The Hall–Kier alpha value is -0.880. The third-order valence-corrected chi connectivity index (χ3v) is 2.89. The van der Waals surface area contributed by atoms with Gasteiger partial charge in [0, 0.05) is 23.1 Å². The maximum Gasteiger partial charge on any atom is 0.159 e. The van der Waals surface area contributed by atoms with Crippen LogP contribution in [0.4, 0.5) is 5.82 Å². The number of nitrogen functional groups attached to an aromatic ring is 1. The Bertz CT molecular complexity index is 461. The minimum Gasteiger partial charge on any atom is -0.381 e. The summed E-state index contributed by atoms with van der Waals surface area (Å²) in [4.78, 5) is 4.08. The fourth-order valence-electron chi connectivity index (χ4n) is 1.22. The molecule has 2 N–H and O–H groups in total. The van der Waals surface area contributed by atoms with Crippen LogP contribution in [-0.4, -0.2) is 14.8 Å². The first-order valence-electron chi connectivity index (χ1n) is 4.23. The Labute approximate surface area is 104 Å². The molecule has 78 valence electrons. The van der Waals surface area contributed by atoms with Crippen molar-refractivity contribution in [1.82, 2.24) is 14.8 Å². The molecular formula is C9H8Br2N4. The molecule has 2 aromatic rings. The molecule has 0 atom stereocenters. The first-order valence-corrected chi connectivity index (χ1v) is 5.81. The van der Waals surface area contributed by atoms with Gasteiger partial charge in [0.25, 0.3) is 0 Å². The van der Waals surface area contributed by atoms with Crippen LogP contribution in [0.25, 0.3) is 0 Å². The summed E-state index contributed by atoms with van der Waals surface area (Å²) >= 11 is 6.68. The van der Waals surface area contributed by atoms with Crippen molar-refractivity contribution in [3.8, 4) is 0 Å². The van der Waals surface area contributed by atoms with E-state index in [1.54, 1.807) is 17.1 Å². The van der Waals surface area contributed by atoms with Gasteiger partial charge in [-0.15, -0.1) is 0 Å². The van der Waals surface area contributed by atoms with Crippen LogP contribution in [0.2, 0.25) is 0 Å². The topological polar surface area (TPSA) is 56.7 Å². The maximum absolute atomic E-state index is 5.62. The summed E-state index contributed by atoms with van der Waals surface area (Å²) in [5.74, 6) is 0.498. The first kappa shape index (κ1) is 10.6. The quantitative estimate of drug-likeness (QED) is 0.919. The van der Waals surface area contributed by atoms with Gasteiger partial charge in [-0.1, -0.05) is 0 Å². The summed E-state index contributed by atoms with van der Waals surface area (Å²) in [6, 6.07) is 2.00. The highest BCUT2D eigenvalue weighted by Gasteiger charge is 2.03. The molecule has 6 heteroatoms. The average molecular weight is 332 g/mol. The van der Waals surface area contributed by atoms with Crippen LogP contribution in [0.15, 0.2) is 33.6 Å². The molecule has 0 aliphatic rings. The largest absolute Gasteiger partial charge is 0.381 e. The zero-order valence-electron chi connectivity index (χ0n) is 7.69. The first-order chi connectivity index (χ1) is 7.15. The lowest BCUT2D eigenvalue weighted by molar-refractivity contribution is 0.687. The van der Waals surface area contributed by atoms with Gasteiger partial charge >= 0.3 is 0 Å². The Kier molecular flexibility index (Phi) is 3.06. The van der Waals surface area contributed by atoms with E-state index in [0.717, 1.165) is 14.5 Å². The molecule has 0 saturated carbocycles. The number of halogens is 2. The fourth-order valence-corrected chi connectivity index (χ4v) is 1.95. The van der Waals surface area contributed by atoms with Gasteiger partial charge in [-0.25, -0.2) is 0 Å². The minimum atomic E-state index is 0.498. The van der Waals surface area contributed by atoms with Crippen LogP contribution in [0.5, 0.6) is 0 Å². The van der Waals surface area contributed by atoms with Crippen molar-refractivity contribution in [2.24, 2.45) is 0 Å². The molecule has 2 rings (SSSR count). The summed E-state index contributed by atoms with van der Waals surface area (Å²) in [5.41, 5.74) is 6.69. The van der Waals surface area contributed by atoms with Crippen LogP contribution in [0.1, 0.15) is 5.56 Å². The van der Waals surface area contributed by atoms with E-state index >= 15 is 0 Å². The Morgan fingerprint density at radius 1 is 1.33 bits per heavy atom. The lowest BCUT2D eigenvalue weighted by atomic mass is 10.3. The minimum absolute atomic E-state index is 0.498. The predicted octanol–water partition coefficient (Wildman–Crippen LogP) is 2.43. The number of anilines is 1. The molecule has 0 aliphatic carbocycles. The van der Waals surface area contributed by atoms with Crippen molar-refractivity contribution in [1.29, 1.82) is 0 Å². The van der Waals surface area contributed by atoms with Gasteiger partial charge in [0.05, 0.1) is 11.0 Å². The lowest BCUT2D eigenvalue weighted by Gasteiger charge is -2.01. The van der Waals surface area contributed by atoms with Gasteiger partial charge < -0.3 is 5.73 Å². The van der Waals surface area contributed by atoms with Crippen LogP contribution in [0.3, 0.4) is 0 Å². The number of nitrogens with zero attached hydrogens (tertiary/aromatic N) is 3. The van der Waals surface area contributed by atoms with Gasteiger partial charge in [-0.2, -0.15) is 5.10 Å². The van der Waals surface area contributed by atoms with Crippen LogP contribution >= 0.6 is 31.9 Å². The number of nitrogens with two attached hydrogens (primary N) is 1. The lowest BCUT2D eigenvalue weighted by Crippen LogP contribution is -2.01. The van der Waals surface area contributed by atoms with E-state index in [9.17, 15) is 0 Å². The third kappa shape index (κ3) is 2.57. The van der Waals surface area contributed by atoms with E-state index in [-0.39, 0.29) is 0 Å². The van der Waals surface area contributed by atoms with E-state index in [1.807, 2.05) is 12.3 Å². The fraction of sp³-hybridized carbons (Fsp3) is 0.111. The van der Waals surface area contributed by atoms with E-state index in [2.05, 4.69) is 41.9 Å². The van der Waals surface area contributed by atoms with E-state index in [0.29, 0.717) is 12.4 Å². The summed E-state index contributed by atoms with van der Waals surface area (Å²) in [6.45, 7) is 0.655. The molecule has 4 nitrogen and oxygen atoms in total. The van der Waals surface area contributed by atoms with Crippen LogP contribution in [0, 0.1) is 0 Å². The molecule has 0 fully saturated rings. The van der Waals surface area contributed by atoms with Crippen molar-refractivity contribution >= 4 is 37.7 Å².